The minimum Gasteiger partial charge on any atom is -0.494 e. The summed E-state index contributed by atoms with van der Waals surface area (Å²) in [6.07, 6.45) is 5.16. The van der Waals surface area contributed by atoms with E-state index in [1.165, 1.54) is 44.6 Å². The number of nitrogens with zero attached hydrogens (tertiary/aromatic N) is 1. The lowest BCUT2D eigenvalue weighted by Crippen LogP contribution is -2.51. The van der Waals surface area contributed by atoms with E-state index in [1.54, 1.807) is 44.2 Å². The molecule has 1 aliphatic heterocycles. The highest BCUT2D eigenvalue weighted by Gasteiger charge is 2.53. The Morgan fingerprint density at radius 1 is 1.03 bits per heavy atom. The van der Waals surface area contributed by atoms with Crippen LogP contribution in [0.15, 0.2) is 36.4 Å². The Kier molecular flexibility index (Phi) is 8.85. The first kappa shape index (κ1) is 26.3. The SMILES string of the molecule is CCCCCCCCCCOc1ccc2c(C(N3NC(=O)CC3(C)C)C(F)(F)F)cccc2c1. The van der Waals surface area contributed by atoms with Crippen LogP contribution in [0.3, 0.4) is 0 Å². The Morgan fingerprint density at radius 3 is 2.32 bits per heavy atom. The standard InChI is InChI=1S/C27H37F3N2O2/c1-4-5-6-7-8-9-10-11-17-34-21-15-16-22-20(18-21)13-12-14-23(22)25(27(28,29)30)32-26(2,3)19-24(33)31-32/h12-16,18,25H,4-11,17,19H2,1-3H3,(H,31,33). The van der Waals surface area contributed by atoms with Crippen molar-refractivity contribution in [1.29, 1.82) is 0 Å². The number of carbonyl (C=O) groups is 1. The molecule has 1 fully saturated rings. The maximum atomic E-state index is 14.3. The average molecular weight is 479 g/mol. The molecule has 34 heavy (non-hydrogen) atoms. The molecule has 2 aromatic rings. The molecule has 0 saturated carbocycles. The predicted molar refractivity (Wildman–Crippen MR) is 130 cm³/mol. The number of rotatable bonds is 12. The van der Waals surface area contributed by atoms with Gasteiger partial charge in [-0.05, 0) is 48.7 Å². The number of nitrogens with one attached hydrogen (secondary N) is 1. The number of halogens is 3. The Labute approximate surface area is 200 Å². The second kappa shape index (κ2) is 11.4. The van der Waals surface area contributed by atoms with Crippen molar-refractivity contribution in [3.05, 3.63) is 42.0 Å². The Morgan fingerprint density at radius 2 is 1.71 bits per heavy atom. The smallest absolute Gasteiger partial charge is 0.409 e. The Bertz CT molecular complexity index is 959. The third-order valence-electron chi connectivity index (χ3n) is 6.51. The molecule has 1 heterocycles. The molecular formula is C27H37F3N2O2. The van der Waals surface area contributed by atoms with E-state index in [9.17, 15) is 18.0 Å². The quantitative estimate of drug-likeness (QED) is 0.322. The third-order valence-corrected chi connectivity index (χ3v) is 6.51. The highest BCUT2D eigenvalue weighted by Crippen LogP contribution is 2.45. The summed E-state index contributed by atoms with van der Waals surface area (Å²) in [7, 11) is 0. The number of hydrogen-bond acceptors (Lipinski definition) is 3. The lowest BCUT2D eigenvalue weighted by Gasteiger charge is -2.38. The second-order valence-electron chi connectivity index (χ2n) is 9.89. The van der Waals surface area contributed by atoms with Crippen LogP contribution >= 0.6 is 0 Å². The number of benzene rings is 2. The fourth-order valence-corrected chi connectivity index (χ4v) is 4.72. The fraction of sp³-hybridized carbons (Fsp3) is 0.593. The van der Waals surface area contributed by atoms with Gasteiger partial charge < -0.3 is 4.74 Å². The molecule has 1 amide bonds. The van der Waals surface area contributed by atoms with Gasteiger partial charge >= 0.3 is 6.18 Å². The summed E-state index contributed by atoms with van der Waals surface area (Å²) in [5.74, 6) is 0.252. The minimum atomic E-state index is -4.56. The van der Waals surface area contributed by atoms with Gasteiger partial charge in [-0.2, -0.15) is 18.2 Å². The van der Waals surface area contributed by atoms with Crippen LogP contribution in [-0.2, 0) is 4.79 Å². The summed E-state index contributed by atoms with van der Waals surface area (Å²) in [6, 6.07) is 8.19. The monoisotopic (exact) mass is 478 g/mol. The molecular weight excluding hydrogens is 441 g/mol. The third kappa shape index (κ3) is 6.65. The molecule has 0 radical (unpaired) electrons. The molecule has 188 valence electrons. The molecule has 0 bridgehead atoms. The maximum Gasteiger partial charge on any atom is 0.409 e. The molecule has 1 atom stereocenters. The Hall–Kier alpha value is -2.28. The van der Waals surface area contributed by atoms with Gasteiger partial charge in [0.05, 0.1) is 6.61 Å². The Balaban J connectivity index is 1.69. The number of ether oxygens (including phenoxy) is 1. The van der Waals surface area contributed by atoms with Crippen molar-refractivity contribution in [2.24, 2.45) is 0 Å². The summed E-state index contributed by atoms with van der Waals surface area (Å²) >= 11 is 0. The molecule has 2 aromatic carbocycles. The second-order valence-corrected chi connectivity index (χ2v) is 9.89. The number of amides is 1. The highest BCUT2D eigenvalue weighted by atomic mass is 19.4. The molecule has 0 aliphatic carbocycles. The van der Waals surface area contributed by atoms with Gasteiger partial charge in [0.1, 0.15) is 5.75 Å². The molecule has 1 unspecified atom stereocenters. The van der Waals surface area contributed by atoms with Gasteiger partial charge in [0.25, 0.3) is 0 Å². The topological polar surface area (TPSA) is 41.6 Å². The number of fused-ring (bicyclic) bond motifs is 1. The molecule has 1 N–H and O–H groups in total. The predicted octanol–water partition coefficient (Wildman–Crippen LogP) is 7.48. The van der Waals surface area contributed by atoms with E-state index in [4.69, 9.17) is 4.74 Å². The van der Waals surface area contributed by atoms with Crippen molar-refractivity contribution in [3.8, 4) is 5.75 Å². The number of carbonyl (C=O) groups excluding carboxylic acids is 1. The summed E-state index contributed by atoms with van der Waals surface area (Å²) in [4.78, 5) is 11.9. The normalized spacial score (nSPS) is 17.2. The van der Waals surface area contributed by atoms with Gasteiger partial charge in [-0.1, -0.05) is 76.1 Å². The van der Waals surface area contributed by atoms with E-state index < -0.39 is 23.7 Å². The van der Waals surface area contributed by atoms with Gasteiger partial charge in [-0.25, -0.2) is 0 Å². The zero-order valence-electron chi connectivity index (χ0n) is 20.5. The average Bonchev–Trinajstić information content (AvgIpc) is 3.03. The van der Waals surface area contributed by atoms with E-state index in [2.05, 4.69) is 12.3 Å². The van der Waals surface area contributed by atoms with Crippen LogP contribution in [0.2, 0.25) is 0 Å². The molecule has 3 rings (SSSR count). The first-order chi connectivity index (χ1) is 16.1. The van der Waals surface area contributed by atoms with E-state index >= 15 is 0 Å². The van der Waals surface area contributed by atoms with Gasteiger partial charge in [-0.3, -0.25) is 10.2 Å². The molecule has 0 aromatic heterocycles. The molecule has 1 aliphatic rings. The summed E-state index contributed by atoms with van der Waals surface area (Å²) in [6.45, 7) is 6.10. The first-order valence-corrected chi connectivity index (χ1v) is 12.4. The van der Waals surface area contributed by atoms with Gasteiger partial charge in [0.2, 0.25) is 5.91 Å². The number of unbranched alkanes of at least 4 members (excludes halogenated alkanes) is 7. The van der Waals surface area contributed by atoms with E-state index in [-0.39, 0.29) is 12.0 Å². The van der Waals surface area contributed by atoms with Crippen molar-refractivity contribution in [2.75, 3.05) is 6.61 Å². The van der Waals surface area contributed by atoms with Crippen molar-refractivity contribution in [3.63, 3.8) is 0 Å². The largest absolute Gasteiger partial charge is 0.494 e. The van der Waals surface area contributed by atoms with Crippen molar-refractivity contribution >= 4 is 16.7 Å². The zero-order chi connectivity index (χ0) is 24.8. The van der Waals surface area contributed by atoms with Crippen LogP contribution in [0.5, 0.6) is 5.75 Å². The van der Waals surface area contributed by atoms with Crippen LogP contribution in [0.4, 0.5) is 13.2 Å². The minimum absolute atomic E-state index is 0.0150. The lowest BCUT2D eigenvalue weighted by atomic mass is 9.93. The lowest BCUT2D eigenvalue weighted by molar-refractivity contribution is -0.203. The van der Waals surface area contributed by atoms with Gasteiger partial charge in [0, 0.05) is 12.0 Å². The summed E-state index contributed by atoms with van der Waals surface area (Å²) in [5, 5.41) is 2.24. The molecule has 0 spiro atoms. The molecule has 4 nitrogen and oxygen atoms in total. The maximum absolute atomic E-state index is 14.3. The highest BCUT2D eigenvalue weighted by molar-refractivity contribution is 5.87. The van der Waals surface area contributed by atoms with E-state index in [0.29, 0.717) is 23.1 Å². The van der Waals surface area contributed by atoms with E-state index in [0.717, 1.165) is 17.9 Å². The molecule has 7 heteroatoms. The number of hydrogen-bond donors (Lipinski definition) is 1. The van der Waals surface area contributed by atoms with Crippen LogP contribution in [0.25, 0.3) is 10.8 Å². The van der Waals surface area contributed by atoms with Crippen molar-refractivity contribution in [1.82, 2.24) is 10.4 Å². The van der Waals surface area contributed by atoms with Crippen LogP contribution < -0.4 is 10.2 Å². The van der Waals surface area contributed by atoms with Gasteiger partial charge in [0.15, 0.2) is 6.04 Å². The zero-order valence-corrected chi connectivity index (χ0v) is 20.5. The number of alkyl halides is 3. The fourth-order valence-electron chi connectivity index (χ4n) is 4.72. The molecule has 1 saturated heterocycles. The summed E-state index contributed by atoms with van der Waals surface area (Å²) < 4.78 is 48.7. The summed E-state index contributed by atoms with van der Waals surface area (Å²) in [5.41, 5.74) is 1.59. The van der Waals surface area contributed by atoms with Crippen molar-refractivity contribution < 1.29 is 22.7 Å². The van der Waals surface area contributed by atoms with Crippen LogP contribution in [-0.4, -0.2) is 29.2 Å². The first-order valence-electron chi connectivity index (χ1n) is 12.4. The number of hydrazine groups is 1. The van der Waals surface area contributed by atoms with E-state index in [1.807, 2.05) is 0 Å². The van der Waals surface area contributed by atoms with Crippen LogP contribution in [0.1, 0.15) is 90.2 Å². The van der Waals surface area contributed by atoms with Crippen LogP contribution in [0, 0.1) is 0 Å². The van der Waals surface area contributed by atoms with Gasteiger partial charge in [-0.15, -0.1) is 0 Å². The van der Waals surface area contributed by atoms with Crippen molar-refractivity contribution in [2.45, 2.75) is 96.3 Å².